The molecule has 2 N–H and O–H groups in total. The Morgan fingerprint density at radius 1 is 0.957 bits per heavy atom. The summed E-state index contributed by atoms with van der Waals surface area (Å²) in [7, 11) is 0. The Balaban J connectivity index is 1.70. The number of hydrogen-bond acceptors (Lipinski definition) is 2. The predicted octanol–water partition coefficient (Wildman–Crippen LogP) is 3.68. The molecule has 0 aliphatic heterocycles. The van der Waals surface area contributed by atoms with Crippen LogP contribution < -0.4 is 5.32 Å². The molecular weight excluding hydrogens is 314 g/mol. The normalized spacial score (nSPS) is 10.3. The van der Waals surface area contributed by atoms with Gasteiger partial charge < -0.3 is 10.4 Å². The largest absolute Gasteiger partial charge is 0.478 e. The van der Waals surface area contributed by atoms with Gasteiger partial charge in [0.05, 0.1) is 5.56 Å². The second-order valence-electron chi connectivity index (χ2n) is 5.26. The van der Waals surface area contributed by atoms with Gasteiger partial charge in [0.2, 0.25) is 5.91 Å². The first kappa shape index (κ1) is 17.0. The number of aromatic carboxylic acids is 1. The highest BCUT2D eigenvalue weighted by atomic mass is 35.5. The summed E-state index contributed by atoms with van der Waals surface area (Å²) in [6, 6.07) is 14.1. The van der Waals surface area contributed by atoms with Crippen molar-refractivity contribution < 1.29 is 14.7 Å². The highest BCUT2D eigenvalue weighted by Crippen LogP contribution is 2.11. The lowest BCUT2D eigenvalue weighted by atomic mass is 10.1. The molecule has 23 heavy (non-hydrogen) atoms. The second-order valence-corrected chi connectivity index (χ2v) is 5.70. The van der Waals surface area contributed by atoms with Crippen molar-refractivity contribution in [3.8, 4) is 0 Å². The number of halogens is 1. The smallest absolute Gasteiger partial charge is 0.335 e. The van der Waals surface area contributed by atoms with Crippen LogP contribution in [0.4, 0.5) is 0 Å². The van der Waals surface area contributed by atoms with Crippen LogP contribution in [0.1, 0.15) is 34.3 Å². The van der Waals surface area contributed by atoms with E-state index in [4.69, 9.17) is 16.7 Å². The maximum Gasteiger partial charge on any atom is 0.335 e. The van der Waals surface area contributed by atoms with E-state index in [2.05, 4.69) is 5.32 Å². The lowest BCUT2D eigenvalue weighted by Crippen LogP contribution is -2.22. The third kappa shape index (κ3) is 5.75. The van der Waals surface area contributed by atoms with Crippen molar-refractivity contribution in [2.24, 2.45) is 0 Å². The Bertz CT molecular complexity index is 666. The van der Waals surface area contributed by atoms with Crippen LogP contribution in [0.5, 0.6) is 0 Å². The molecule has 0 aliphatic rings. The number of hydrogen-bond donors (Lipinski definition) is 2. The van der Waals surface area contributed by atoms with Gasteiger partial charge in [0.15, 0.2) is 0 Å². The molecule has 4 nitrogen and oxygen atoms in total. The van der Waals surface area contributed by atoms with Gasteiger partial charge >= 0.3 is 5.97 Å². The number of carbonyl (C=O) groups is 2. The van der Waals surface area contributed by atoms with Gasteiger partial charge in [0.25, 0.3) is 0 Å². The summed E-state index contributed by atoms with van der Waals surface area (Å²) in [5, 5.41) is 12.4. The summed E-state index contributed by atoms with van der Waals surface area (Å²) in [5.74, 6) is -0.968. The van der Waals surface area contributed by atoms with Crippen LogP contribution in [-0.2, 0) is 17.8 Å². The molecule has 0 radical (unpaired) electrons. The molecule has 0 unspecified atom stereocenters. The van der Waals surface area contributed by atoms with Crippen LogP contribution in [-0.4, -0.2) is 17.0 Å². The summed E-state index contributed by atoms with van der Waals surface area (Å²) >= 11 is 5.83. The molecule has 0 spiro atoms. The number of carboxylic acid groups (broad SMARTS) is 1. The lowest BCUT2D eigenvalue weighted by Gasteiger charge is -2.06. The van der Waals surface area contributed by atoms with Gasteiger partial charge in [-0.1, -0.05) is 35.9 Å². The van der Waals surface area contributed by atoms with E-state index in [1.165, 1.54) is 12.1 Å². The van der Waals surface area contributed by atoms with E-state index < -0.39 is 5.97 Å². The van der Waals surface area contributed by atoms with E-state index in [1.807, 2.05) is 24.3 Å². The first-order chi connectivity index (χ1) is 11.0. The van der Waals surface area contributed by atoms with Gasteiger partial charge in [0.1, 0.15) is 0 Å². The number of nitrogens with one attached hydrogen (secondary N) is 1. The number of carboxylic acids is 1. The average Bonchev–Trinajstić information content (AvgIpc) is 2.55. The maximum atomic E-state index is 11.8. The monoisotopic (exact) mass is 331 g/mol. The van der Waals surface area contributed by atoms with Crippen LogP contribution >= 0.6 is 11.6 Å². The molecule has 0 aromatic heterocycles. The van der Waals surface area contributed by atoms with Crippen molar-refractivity contribution in [3.63, 3.8) is 0 Å². The zero-order valence-corrected chi connectivity index (χ0v) is 13.3. The average molecular weight is 332 g/mol. The second kappa shape index (κ2) is 8.34. The Morgan fingerprint density at radius 2 is 1.57 bits per heavy atom. The maximum absolute atomic E-state index is 11.8. The fraction of sp³-hybridized carbons (Fsp3) is 0.222. The summed E-state index contributed by atoms with van der Waals surface area (Å²) in [6.45, 7) is 0.402. The number of amides is 1. The van der Waals surface area contributed by atoms with Gasteiger partial charge in [-0.05, 0) is 48.2 Å². The van der Waals surface area contributed by atoms with E-state index >= 15 is 0 Å². The molecule has 2 aromatic rings. The number of aryl methyl sites for hydroxylation is 1. The standard InChI is InChI=1S/C18H18ClNO3/c19-16-10-6-13(7-11-16)2-1-3-17(21)20-12-14-4-8-15(9-5-14)18(22)23/h4-11H,1-3,12H2,(H,20,21)(H,22,23). The van der Waals surface area contributed by atoms with Crippen molar-refractivity contribution in [3.05, 3.63) is 70.2 Å². The van der Waals surface area contributed by atoms with E-state index in [0.717, 1.165) is 24.0 Å². The fourth-order valence-electron chi connectivity index (χ4n) is 2.16. The van der Waals surface area contributed by atoms with E-state index in [1.54, 1.807) is 12.1 Å². The number of carbonyl (C=O) groups excluding carboxylic acids is 1. The Morgan fingerprint density at radius 3 is 2.17 bits per heavy atom. The fourth-order valence-corrected chi connectivity index (χ4v) is 2.28. The molecule has 0 aliphatic carbocycles. The van der Waals surface area contributed by atoms with E-state index in [0.29, 0.717) is 18.0 Å². The third-order valence-electron chi connectivity index (χ3n) is 3.47. The van der Waals surface area contributed by atoms with Gasteiger partial charge in [0, 0.05) is 18.0 Å². The zero-order valence-electron chi connectivity index (χ0n) is 12.6. The van der Waals surface area contributed by atoms with Crippen LogP contribution in [0.15, 0.2) is 48.5 Å². The van der Waals surface area contributed by atoms with Crippen LogP contribution in [0.2, 0.25) is 5.02 Å². The molecule has 2 rings (SSSR count). The van der Waals surface area contributed by atoms with Gasteiger partial charge in [-0.3, -0.25) is 4.79 Å². The minimum absolute atomic E-state index is 0.0127. The van der Waals surface area contributed by atoms with Gasteiger partial charge in [-0.25, -0.2) is 4.79 Å². The number of rotatable bonds is 7. The van der Waals surface area contributed by atoms with Crippen LogP contribution in [0.25, 0.3) is 0 Å². The molecule has 0 bridgehead atoms. The molecule has 0 saturated heterocycles. The topological polar surface area (TPSA) is 66.4 Å². The van der Waals surface area contributed by atoms with Crippen molar-refractivity contribution in [2.75, 3.05) is 0 Å². The molecule has 1 amide bonds. The Kier molecular flexibility index (Phi) is 6.18. The van der Waals surface area contributed by atoms with Crippen molar-refractivity contribution in [2.45, 2.75) is 25.8 Å². The molecule has 0 atom stereocenters. The van der Waals surface area contributed by atoms with Crippen LogP contribution in [0.3, 0.4) is 0 Å². The summed E-state index contributed by atoms with van der Waals surface area (Å²) in [5.41, 5.74) is 2.27. The quantitative estimate of drug-likeness (QED) is 0.813. The van der Waals surface area contributed by atoms with E-state index in [9.17, 15) is 9.59 Å². The molecular formula is C18H18ClNO3. The molecule has 5 heteroatoms. The van der Waals surface area contributed by atoms with E-state index in [-0.39, 0.29) is 11.5 Å². The molecule has 0 saturated carbocycles. The summed E-state index contributed by atoms with van der Waals surface area (Å²) in [4.78, 5) is 22.6. The summed E-state index contributed by atoms with van der Waals surface area (Å²) < 4.78 is 0. The molecule has 0 fully saturated rings. The zero-order chi connectivity index (χ0) is 16.7. The lowest BCUT2D eigenvalue weighted by molar-refractivity contribution is -0.121. The highest BCUT2D eigenvalue weighted by molar-refractivity contribution is 6.30. The Hall–Kier alpha value is -2.33. The van der Waals surface area contributed by atoms with Crippen molar-refractivity contribution in [1.82, 2.24) is 5.32 Å². The molecule has 0 heterocycles. The SMILES string of the molecule is O=C(CCCc1ccc(Cl)cc1)NCc1ccc(C(=O)O)cc1. The minimum atomic E-state index is -0.956. The number of benzene rings is 2. The van der Waals surface area contributed by atoms with Gasteiger partial charge in [-0.2, -0.15) is 0 Å². The first-order valence-corrected chi connectivity index (χ1v) is 7.76. The van der Waals surface area contributed by atoms with Crippen molar-refractivity contribution >= 4 is 23.5 Å². The molecule has 2 aromatic carbocycles. The minimum Gasteiger partial charge on any atom is -0.478 e. The highest BCUT2D eigenvalue weighted by Gasteiger charge is 2.04. The van der Waals surface area contributed by atoms with Gasteiger partial charge in [-0.15, -0.1) is 0 Å². The Labute approximate surface area is 140 Å². The van der Waals surface area contributed by atoms with Crippen LogP contribution in [0, 0.1) is 0 Å². The predicted molar refractivity (Wildman–Crippen MR) is 89.6 cm³/mol. The van der Waals surface area contributed by atoms with Crippen molar-refractivity contribution in [1.29, 1.82) is 0 Å². The first-order valence-electron chi connectivity index (χ1n) is 7.38. The molecule has 120 valence electrons. The third-order valence-corrected chi connectivity index (χ3v) is 3.73. The summed E-state index contributed by atoms with van der Waals surface area (Å²) in [6.07, 6.45) is 2.05.